The molecule has 1 aliphatic rings. The number of hydrogen-bond donors (Lipinski definition) is 1. The molecule has 0 saturated carbocycles. The fourth-order valence-electron chi connectivity index (χ4n) is 3.28. The van der Waals surface area contributed by atoms with Crippen LogP contribution in [0.3, 0.4) is 0 Å². The third-order valence-electron chi connectivity index (χ3n) is 4.66. The van der Waals surface area contributed by atoms with Gasteiger partial charge in [0.2, 0.25) is 6.79 Å². The molecule has 0 spiro atoms. The predicted molar refractivity (Wildman–Crippen MR) is 106 cm³/mol. The highest BCUT2D eigenvalue weighted by Gasteiger charge is 2.20. The molecule has 3 heterocycles. The molecule has 8 heteroatoms. The van der Waals surface area contributed by atoms with Gasteiger partial charge in [-0.3, -0.25) is 9.38 Å². The summed E-state index contributed by atoms with van der Waals surface area (Å²) in [6, 6.07) is 12.8. The number of fused-ring (bicyclic) bond motifs is 2. The Morgan fingerprint density at radius 3 is 2.93 bits per heavy atom. The number of para-hydroxylation sites is 1. The van der Waals surface area contributed by atoms with E-state index in [0.29, 0.717) is 39.9 Å². The van der Waals surface area contributed by atoms with Gasteiger partial charge >= 0.3 is 5.97 Å². The predicted octanol–water partition coefficient (Wildman–Crippen LogP) is 3.66. The number of esters is 1. The van der Waals surface area contributed by atoms with Crippen molar-refractivity contribution < 1.29 is 19.0 Å². The molecule has 0 atom stereocenters. The first-order valence-corrected chi connectivity index (χ1v) is 8.91. The largest absolute Gasteiger partial charge is 0.465 e. The highest BCUT2D eigenvalue weighted by molar-refractivity contribution is 5.97. The Morgan fingerprint density at radius 1 is 1.17 bits per heavy atom. The van der Waals surface area contributed by atoms with Crippen molar-refractivity contribution in [3.63, 3.8) is 0 Å². The normalized spacial score (nSPS) is 12.2. The van der Waals surface area contributed by atoms with E-state index in [9.17, 15) is 4.79 Å². The molecule has 0 bridgehead atoms. The molecule has 1 aliphatic heterocycles. The smallest absolute Gasteiger partial charge is 0.339 e. The first-order valence-electron chi connectivity index (χ1n) is 8.91. The van der Waals surface area contributed by atoms with E-state index in [2.05, 4.69) is 10.3 Å². The molecule has 0 unspecified atom stereocenters. The third kappa shape index (κ3) is 2.91. The lowest BCUT2D eigenvalue weighted by Gasteiger charge is -2.12. The molecule has 0 fully saturated rings. The Bertz CT molecular complexity index is 1230. The minimum absolute atomic E-state index is 0.200. The third-order valence-corrected chi connectivity index (χ3v) is 4.66. The molecular weight excluding hydrogens is 372 g/mol. The second kappa shape index (κ2) is 6.83. The van der Waals surface area contributed by atoms with Crippen LogP contribution in [0.4, 0.5) is 11.5 Å². The van der Waals surface area contributed by atoms with Crippen LogP contribution in [0.15, 0.2) is 61.1 Å². The van der Waals surface area contributed by atoms with Crippen LogP contribution in [0.2, 0.25) is 0 Å². The Balaban J connectivity index is 1.66. The zero-order chi connectivity index (χ0) is 19.8. The molecule has 144 valence electrons. The zero-order valence-corrected chi connectivity index (χ0v) is 15.5. The Morgan fingerprint density at radius 2 is 2.03 bits per heavy atom. The van der Waals surface area contributed by atoms with Crippen LogP contribution in [-0.2, 0) is 4.74 Å². The van der Waals surface area contributed by atoms with Crippen LogP contribution in [0.5, 0.6) is 11.5 Å². The van der Waals surface area contributed by atoms with Gasteiger partial charge in [0.05, 0.1) is 24.6 Å². The van der Waals surface area contributed by atoms with Crippen LogP contribution in [0.25, 0.3) is 16.9 Å². The van der Waals surface area contributed by atoms with Crippen LogP contribution in [-0.4, -0.2) is 34.2 Å². The van der Waals surface area contributed by atoms with Crippen molar-refractivity contribution in [2.24, 2.45) is 0 Å². The number of hydrogen-bond acceptors (Lipinski definition) is 7. The van der Waals surface area contributed by atoms with Gasteiger partial charge in [-0.1, -0.05) is 12.1 Å². The minimum atomic E-state index is -0.423. The Kier molecular flexibility index (Phi) is 4.02. The van der Waals surface area contributed by atoms with Crippen molar-refractivity contribution in [2.45, 2.75) is 0 Å². The number of nitrogens with one attached hydrogen (secondary N) is 1. The molecule has 0 radical (unpaired) electrons. The molecule has 1 N–H and O–H groups in total. The van der Waals surface area contributed by atoms with Gasteiger partial charge in [-0.15, -0.1) is 0 Å². The number of carbonyl (C=O) groups is 1. The summed E-state index contributed by atoms with van der Waals surface area (Å²) >= 11 is 0. The molecule has 2 aromatic heterocycles. The average Bonchev–Trinajstić information content (AvgIpc) is 3.38. The summed E-state index contributed by atoms with van der Waals surface area (Å²) in [5.41, 5.74) is 3.24. The lowest BCUT2D eigenvalue weighted by molar-refractivity contribution is 0.0602. The van der Waals surface area contributed by atoms with E-state index in [1.54, 1.807) is 24.5 Å². The van der Waals surface area contributed by atoms with Crippen LogP contribution >= 0.6 is 0 Å². The monoisotopic (exact) mass is 388 g/mol. The van der Waals surface area contributed by atoms with Gasteiger partial charge in [0.1, 0.15) is 11.5 Å². The molecule has 29 heavy (non-hydrogen) atoms. The second-order valence-corrected chi connectivity index (χ2v) is 6.34. The molecule has 0 amide bonds. The lowest BCUT2D eigenvalue weighted by atomic mass is 10.1. The molecule has 5 rings (SSSR count). The number of rotatable bonds is 4. The van der Waals surface area contributed by atoms with E-state index in [1.165, 1.54) is 7.11 Å². The maximum atomic E-state index is 12.2. The topological polar surface area (TPSA) is 87.0 Å². The molecule has 8 nitrogen and oxygen atoms in total. The average molecular weight is 388 g/mol. The van der Waals surface area contributed by atoms with Crippen molar-refractivity contribution >= 4 is 23.1 Å². The Labute approximate surface area is 165 Å². The number of nitrogens with zero attached hydrogens (tertiary/aromatic N) is 3. The van der Waals surface area contributed by atoms with E-state index >= 15 is 0 Å². The van der Waals surface area contributed by atoms with Crippen LogP contribution < -0.4 is 14.8 Å². The van der Waals surface area contributed by atoms with Crippen molar-refractivity contribution in [3.05, 3.63) is 66.6 Å². The number of imidazole rings is 1. The first kappa shape index (κ1) is 17.1. The van der Waals surface area contributed by atoms with E-state index in [0.717, 1.165) is 5.56 Å². The van der Waals surface area contributed by atoms with Gasteiger partial charge in [0.15, 0.2) is 17.1 Å². The highest BCUT2D eigenvalue weighted by Crippen LogP contribution is 2.38. The summed E-state index contributed by atoms with van der Waals surface area (Å²) in [4.78, 5) is 21.1. The summed E-state index contributed by atoms with van der Waals surface area (Å²) < 4.78 is 17.7. The summed E-state index contributed by atoms with van der Waals surface area (Å²) in [7, 11) is 1.36. The van der Waals surface area contributed by atoms with Gasteiger partial charge in [-0.05, 0) is 30.3 Å². The van der Waals surface area contributed by atoms with E-state index in [-0.39, 0.29) is 6.79 Å². The quantitative estimate of drug-likeness (QED) is 0.534. The minimum Gasteiger partial charge on any atom is -0.465 e. The molecule has 0 aliphatic carbocycles. The molecule has 4 aromatic rings. The molecular formula is C21H16N4O4. The highest BCUT2D eigenvalue weighted by atomic mass is 16.7. The summed E-state index contributed by atoms with van der Waals surface area (Å²) in [5, 5.41) is 3.35. The first-order chi connectivity index (χ1) is 14.2. The van der Waals surface area contributed by atoms with E-state index in [4.69, 9.17) is 19.2 Å². The van der Waals surface area contributed by atoms with Crippen molar-refractivity contribution in [3.8, 4) is 22.8 Å². The fourth-order valence-corrected chi connectivity index (χ4v) is 3.28. The van der Waals surface area contributed by atoms with Crippen molar-refractivity contribution in [2.75, 3.05) is 19.2 Å². The van der Waals surface area contributed by atoms with Crippen molar-refractivity contribution in [1.82, 2.24) is 14.4 Å². The summed E-state index contributed by atoms with van der Waals surface area (Å²) in [6.07, 6.45) is 5.16. The maximum Gasteiger partial charge on any atom is 0.339 e. The number of aromatic nitrogens is 3. The number of ether oxygens (including phenoxy) is 3. The maximum absolute atomic E-state index is 12.2. The SMILES string of the molecule is COC(=O)c1ccccc1Nc1c(-c2ccc3c(c2)OCO3)nc2cnccn12. The van der Waals surface area contributed by atoms with Gasteiger partial charge in [0.25, 0.3) is 0 Å². The van der Waals surface area contributed by atoms with Crippen LogP contribution in [0.1, 0.15) is 10.4 Å². The van der Waals surface area contributed by atoms with Gasteiger partial charge < -0.3 is 19.5 Å². The Hall–Kier alpha value is -4.07. The van der Waals surface area contributed by atoms with Crippen molar-refractivity contribution in [1.29, 1.82) is 0 Å². The van der Waals surface area contributed by atoms with Gasteiger partial charge in [0, 0.05) is 18.0 Å². The lowest BCUT2D eigenvalue weighted by Crippen LogP contribution is -2.06. The zero-order valence-electron chi connectivity index (χ0n) is 15.5. The molecule has 2 aromatic carbocycles. The number of methoxy groups -OCH3 is 1. The van der Waals surface area contributed by atoms with E-state index in [1.807, 2.05) is 40.9 Å². The number of benzene rings is 2. The number of anilines is 2. The number of carbonyl (C=O) groups excluding carboxylic acids is 1. The summed E-state index contributed by atoms with van der Waals surface area (Å²) in [6.45, 7) is 0.200. The summed E-state index contributed by atoms with van der Waals surface area (Å²) in [5.74, 6) is 1.63. The molecule has 0 saturated heterocycles. The second-order valence-electron chi connectivity index (χ2n) is 6.34. The van der Waals surface area contributed by atoms with Gasteiger partial charge in [-0.25, -0.2) is 9.78 Å². The van der Waals surface area contributed by atoms with Gasteiger partial charge in [-0.2, -0.15) is 0 Å². The van der Waals surface area contributed by atoms with Crippen LogP contribution in [0, 0.1) is 0 Å². The fraction of sp³-hybridized carbons (Fsp3) is 0.0952. The standard InChI is InChI=1S/C21H16N4O4/c1-27-21(26)14-4-2-3-5-15(14)23-20-19(24-18-11-22-8-9-25(18)20)13-6-7-16-17(10-13)29-12-28-16/h2-11,23H,12H2,1H3. The van der Waals surface area contributed by atoms with E-state index < -0.39 is 5.97 Å².